The number of carbonyl (C=O) groups is 1. The summed E-state index contributed by atoms with van der Waals surface area (Å²) >= 11 is 0. The van der Waals surface area contributed by atoms with Crippen LogP contribution in [0.15, 0.2) is 72.9 Å². The van der Waals surface area contributed by atoms with Crippen molar-refractivity contribution in [3.8, 4) is 16.9 Å². The molecule has 1 aliphatic rings. The summed E-state index contributed by atoms with van der Waals surface area (Å²) < 4.78 is 5.35. The number of primary amides is 1. The van der Waals surface area contributed by atoms with E-state index < -0.39 is 6.03 Å². The predicted octanol–water partition coefficient (Wildman–Crippen LogP) is 4.83. The SMILES string of the molecule is COc1cccc(-c2ccc3c(c2)CN(C(N)=O)C3c2c[nH]c3ccccc23)c1. The van der Waals surface area contributed by atoms with E-state index in [1.807, 2.05) is 42.6 Å². The average molecular weight is 383 g/mol. The molecule has 0 saturated heterocycles. The minimum atomic E-state index is -0.417. The minimum Gasteiger partial charge on any atom is -0.497 e. The van der Waals surface area contributed by atoms with Gasteiger partial charge in [-0.1, -0.05) is 42.5 Å². The van der Waals surface area contributed by atoms with Gasteiger partial charge in [0.15, 0.2) is 0 Å². The Kier molecular flexibility index (Phi) is 4.02. The van der Waals surface area contributed by atoms with Crippen LogP contribution in [0.2, 0.25) is 0 Å². The maximum atomic E-state index is 12.3. The Labute approximate surface area is 168 Å². The molecule has 144 valence electrons. The first-order chi connectivity index (χ1) is 14.2. The van der Waals surface area contributed by atoms with Gasteiger partial charge < -0.3 is 20.4 Å². The van der Waals surface area contributed by atoms with Crippen molar-refractivity contribution in [1.82, 2.24) is 9.88 Å². The molecule has 2 heterocycles. The van der Waals surface area contributed by atoms with Crippen LogP contribution in [0, 0.1) is 0 Å². The molecule has 2 amide bonds. The van der Waals surface area contributed by atoms with Crippen LogP contribution in [0.3, 0.4) is 0 Å². The molecule has 1 aliphatic heterocycles. The second kappa shape index (κ2) is 6.71. The number of carbonyl (C=O) groups excluding carboxylic acids is 1. The number of nitrogens with one attached hydrogen (secondary N) is 1. The highest BCUT2D eigenvalue weighted by Gasteiger charge is 2.35. The van der Waals surface area contributed by atoms with Gasteiger partial charge in [-0.3, -0.25) is 0 Å². The number of hydrogen-bond donors (Lipinski definition) is 2. The van der Waals surface area contributed by atoms with Crippen molar-refractivity contribution in [2.75, 3.05) is 7.11 Å². The summed E-state index contributed by atoms with van der Waals surface area (Å²) in [5.74, 6) is 0.818. The van der Waals surface area contributed by atoms with Crippen molar-refractivity contribution < 1.29 is 9.53 Å². The fraction of sp³-hybridized carbons (Fsp3) is 0.125. The van der Waals surface area contributed by atoms with Crippen molar-refractivity contribution in [3.05, 3.63) is 89.6 Å². The summed E-state index contributed by atoms with van der Waals surface area (Å²) in [4.78, 5) is 17.3. The lowest BCUT2D eigenvalue weighted by molar-refractivity contribution is 0.199. The molecule has 0 aliphatic carbocycles. The number of benzene rings is 3. The smallest absolute Gasteiger partial charge is 0.315 e. The lowest BCUT2D eigenvalue weighted by Crippen LogP contribution is -2.34. The van der Waals surface area contributed by atoms with Crippen LogP contribution in [0.25, 0.3) is 22.0 Å². The molecule has 4 aromatic rings. The normalized spacial score (nSPS) is 15.5. The molecule has 5 nitrogen and oxygen atoms in total. The minimum absolute atomic E-state index is 0.196. The number of aromatic amines is 1. The predicted molar refractivity (Wildman–Crippen MR) is 114 cm³/mol. The molecule has 1 atom stereocenters. The van der Waals surface area contributed by atoms with E-state index in [2.05, 4.69) is 35.3 Å². The molecule has 0 fully saturated rings. The summed E-state index contributed by atoms with van der Waals surface area (Å²) in [6, 6.07) is 21.8. The highest BCUT2D eigenvalue weighted by Crippen LogP contribution is 2.42. The summed E-state index contributed by atoms with van der Waals surface area (Å²) in [5, 5.41) is 1.11. The largest absolute Gasteiger partial charge is 0.497 e. The molecule has 3 aromatic carbocycles. The number of nitrogens with two attached hydrogens (primary N) is 1. The van der Waals surface area contributed by atoms with Gasteiger partial charge in [0.05, 0.1) is 13.2 Å². The number of ether oxygens (including phenoxy) is 1. The average Bonchev–Trinajstić information content (AvgIpc) is 3.34. The number of amides is 2. The van der Waals surface area contributed by atoms with Crippen molar-refractivity contribution in [3.63, 3.8) is 0 Å². The second-order valence-electron chi connectivity index (χ2n) is 7.30. The van der Waals surface area contributed by atoms with E-state index in [-0.39, 0.29) is 6.04 Å². The van der Waals surface area contributed by atoms with Crippen LogP contribution >= 0.6 is 0 Å². The van der Waals surface area contributed by atoms with Gasteiger partial charge in [0.2, 0.25) is 0 Å². The lowest BCUT2D eigenvalue weighted by Gasteiger charge is -2.23. The number of fused-ring (bicyclic) bond motifs is 2. The zero-order valence-electron chi connectivity index (χ0n) is 16.1. The topological polar surface area (TPSA) is 71.3 Å². The van der Waals surface area contributed by atoms with Gasteiger partial charge in [0.1, 0.15) is 5.75 Å². The molecule has 0 radical (unpaired) electrons. The van der Waals surface area contributed by atoms with Crippen LogP contribution in [0.5, 0.6) is 5.75 Å². The first kappa shape index (κ1) is 17.4. The van der Waals surface area contributed by atoms with E-state index in [9.17, 15) is 4.79 Å². The van der Waals surface area contributed by atoms with Gasteiger partial charge in [-0.05, 0) is 46.5 Å². The Balaban J connectivity index is 1.62. The van der Waals surface area contributed by atoms with Crippen LogP contribution in [0.4, 0.5) is 4.79 Å². The molecule has 0 saturated carbocycles. The van der Waals surface area contributed by atoms with Crippen molar-refractivity contribution in [1.29, 1.82) is 0 Å². The quantitative estimate of drug-likeness (QED) is 0.532. The number of hydrogen-bond acceptors (Lipinski definition) is 2. The lowest BCUT2D eigenvalue weighted by atomic mass is 9.94. The van der Waals surface area contributed by atoms with Gasteiger partial charge in [0.25, 0.3) is 0 Å². The molecule has 3 N–H and O–H groups in total. The molecule has 29 heavy (non-hydrogen) atoms. The molecular weight excluding hydrogens is 362 g/mol. The Morgan fingerprint density at radius 3 is 2.69 bits per heavy atom. The molecule has 5 heteroatoms. The fourth-order valence-electron chi connectivity index (χ4n) is 4.30. The van der Waals surface area contributed by atoms with E-state index in [0.717, 1.165) is 44.5 Å². The molecule has 0 bridgehead atoms. The Morgan fingerprint density at radius 2 is 1.86 bits per heavy atom. The molecular formula is C24H21N3O2. The van der Waals surface area contributed by atoms with Gasteiger partial charge in [-0.15, -0.1) is 0 Å². The number of nitrogens with zero attached hydrogens (tertiary/aromatic N) is 1. The monoisotopic (exact) mass is 383 g/mol. The number of urea groups is 1. The highest BCUT2D eigenvalue weighted by molar-refractivity contribution is 5.86. The number of aromatic nitrogens is 1. The Bertz CT molecular complexity index is 1230. The molecule has 5 rings (SSSR count). The van der Waals surface area contributed by atoms with Crippen molar-refractivity contribution in [2.45, 2.75) is 12.6 Å². The summed E-state index contributed by atoms with van der Waals surface area (Å²) in [6.07, 6.45) is 1.98. The zero-order valence-corrected chi connectivity index (χ0v) is 16.1. The number of methoxy groups -OCH3 is 1. The third kappa shape index (κ3) is 2.83. The molecule has 0 spiro atoms. The van der Waals surface area contributed by atoms with Crippen molar-refractivity contribution >= 4 is 16.9 Å². The van der Waals surface area contributed by atoms with Crippen LogP contribution in [0.1, 0.15) is 22.7 Å². The zero-order chi connectivity index (χ0) is 20.0. The van der Waals surface area contributed by atoms with E-state index in [0.29, 0.717) is 6.54 Å². The second-order valence-corrected chi connectivity index (χ2v) is 7.30. The maximum Gasteiger partial charge on any atom is 0.315 e. The van der Waals surface area contributed by atoms with Gasteiger partial charge in [0, 0.05) is 29.2 Å². The fourth-order valence-corrected chi connectivity index (χ4v) is 4.30. The summed E-state index contributed by atoms with van der Waals surface area (Å²) in [5.41, 5.74) is 12.3. The first-order valence-corrected chi connectivity index (χ1v) is 9.55. The number of H-pyrrole nitrogens is 1. The molecule has 1 aromatic heterocycles. The van der Waals surface area contributed by atoms with E-state index in [1.54, 1.807) is 12.0 Å². The van der Waals surface area contributed by atoms with Crippen LogP contribution in [-0.4, -0.2) is 23.0 Å². The summed E-state index contributed by atoms with van der Waals surface area (Å²) in [7, 11) is 1.67. The summed E-state index contributed by atoms with van der Waals surface area (Å²) in [6.45, 7) is 0.493. The van der Waals surface area contributed by atoms with Crippen LogP contribution in [-0.2, 0) is 6.54 Å². The Hall–Kier alpha value is -3.73. The van der Waals surface area contributed by atoms with E-state index in [1.165, 1.54) is 0 Å². The third-order valence-corrected chi connectivity index (χ3v) is 5.69. The molecule has 1 unspecified atom stereocenters. The standard InChI is InChI=1S/C24H21N3O2/c1-29-18-6-4-5-15(12-18)16-9-10-19-17(11-16)14-27(24(25)28)23(19)21-13-26-22-8-3-2-7-20(21)22/h2-13,23,26H,14H2,1H3,(H2,25,28). The van der Waals surface area contributed by atoms with E-state index in [4.69, 9.17) is 10.5 Å². The van der Waals surface area contributed by atoms with E-state index >= 15 is 0 Å². The first-order valence-electron chi connectivity index (χ1n) is 9.55. The van der Waals surface area contributed by atoms with Gasteiger partial charge >= 0.3 is 6.03 Å². The Morgan fingerprint density at radius 1 is 1.03 bits per heavy atom. The third-order valence-electron chi connectivity index (χ3n) is 5.69. The van der Waals surface area contributed by atoms with Gasteiger partial charge in [-0.25, -0.2) is 4.79 Å². The highest BCUT2D eigenvalue weighted by atomic mass is 16.5. The van der Waals surface area contributed by atoms with Crippen molar-refractivity contribution in [2.24, 2.45) is 5.73 Å². The maximum absolute atomic E-state index is 12.3. The van der Waals surface area contributed by atoms with Crippen LogP contribution < -0.4 is 10.5 Å². The van der Waals surface area contributed by atoms with Gasteiger partial charge in [-0.2, -0.15) is 0 Å². The number of para-hydroxylation sites is 1. The number of rotatable bonds is 3.